The van der Waals surface area contributed by atoms with Crippen LogP contribution in [-0.2, 0) is 4.74 Å². The molecule has 1 saturated heterocycles. The maximum atomic E-state index is 5.66. The number of fused-ring (bicyclic) bond motifs is 3. The molecule has 2 aromatic rings. The van der Waals surface area contributed by atoms with E-state index in [1.54, 1.807) is 0 Å². The SMILES string of the molecule is C=C(NC)NC(=C1CCC1)c1ccc2c3c(n(C4CCOCC4)c2c1)C=CC3C. The fourth-order valence-corrected chi connectivity index (χ4v) is 5.01. The van der Waals surface area contributed by atoms with Gasteiger partial charge in [0.2, 0.25) is 0 Å². The van der Waals surface area contributed by atoms with Gasteiger partial charge in [-0.05, 0) is 55.4 Å². The molecule has 1 aromatic carbocycles. The molecule has 1 aromatic heterocycles. The number of ether oxygens (including phenoxy) is 1. The molecule has 0 amide bonds. The second-order valence-corrected chi connectivity index (χ2v) is 8.58. The van der Waals surface area contributed by atoms with Gasteiger partial charge in [-0.15, -0.1) is 0 Å². The van der Waals surface area contributed by atoms with Gasteiger partial charge in [0, 0.05) is 60.1 Å². The molecule has 5 rings (SSSR count). The molecule has 0 bridgehead atoms. The lowest BCUT2D eigenvalue weighted by Crippen LogP contribution is -2.23. The predicted molar refractivity (Wildman–Crippen MR) is 121 cm³/mol. The summed E-state index contributed by atoms with van der Waals surface area (Å²) in [7, 11) is 1.91. The van der Waals surface area contributed by atoms with Crippen molar-refractivity contribution in [3.05, 3.63) is 59.1 Å². The number of hydrogen-bond donors (Lipinski definition) is 2. The van der Waals surface area contributed by atoms with Gasteiger partial charge >= 0.3 is 0 Å². The van der Waals surface area contributed by atoms with Crippen LogP contribution in [0, 0.1) is 0 Å². The predicted octanol–water partition coefficient (Wildman–Crippen LogP) is 5.30. The minimum absolute atomic E-state index is 0.478. The van der Waals surface area contributed by atoms with Crippen LogP contribution in [0.5, 0.6) is 0 Å². The van der Waals surface area contributed by atoms with Crippen molar-refractivity contribution < 1.29 is 4.74 Å². The lowest BCUT2D eigenvalue weighted by atomic mass is 9.88. The Morgan fingerprint density at radius 1 is 1.21 bits per heavy atom. The van der Waals surface area contributed by atoms with Gasteiger partial charge in [-0.25, -0.2) is 0 Å². The van der Waals surface area contributed by atoms with Crippen molar-refractivity contribution in [2.45, 2.75) is 51.0 Å². The Morgan fingerprint density at radius 3 is 2.69 bits per heavy atom. The Balaban J connectivity index is 1.66. The van der Waals surface area contributed by atoms with Crippen LogP contribution in [0.3, 0.4) is 0 Å². The zero-order valence-corrected chi connectivity index (χ0v) is 17.6. The molecule has 1 aliphatic heterocycles. The van der Waals surface area contributed by atoms with Crippen LogP contribution in [0.1, 0.15) is 67.8 Å². The standard InChI is InChI=1S/C25H31N3O/c1-16-7-10-22-24(16)21-9-8-19(25(18-5-4-6-18)27-17(2)26-3)15-23(21)28(22)20-11-13-29-14-12-20/h7-10,15-16,20,26-27H,2,4-6,11-14H2,1,3H3. The van der Waals surface area contributed by atoms with E-state index in [0.717, 1.165) is 31.9 Å². The molecule has 0 spiro atoms. The van der Waals surface area contributed by atoms with Gasteiger partial charge in [-0.1, -0.05) is 31.7 Å². The highest BCUT2D eigenvalue weighted by molar-refractivity contribution is 5.93. The van der Waals surface area contributed by atoms with Gasteiger partial charge in [-0.3, -0.25) is 0 Å². The summed E-state index contributed by atoms with van der Waals surface area (Å²) in [6, 6.07) is 7.55. The molecular formula is C25H31N3O. The number of rotatable bonds is 5. The summed E-state index contributed by atoms with van der Waals surface area (Å²) in [5, 5.41) is 8.08. The fourth-order valence-electron chi connectivity index (χ4n) is 5.01. The van der Waals surface area contributed by atoms with Crippen molar-refractivity contribution in [3.63, 3.8) is 0 Å². The van der Waals surface area contributed by atoms with E-state index < -0.39 is 0 Å². The maximum Gasteiger partial charge on any atom is 0.0954 e. The lowest BCUT2D eigenvalue weighted by Gasteiger charge is -2.27. The summed E-state index contributed by atoms with van der Waals surface area (Å²) in [6.07, 6.45) is 10.5. The minimum Gasteiger partial charge on any atom is -0.381 e. The highest BCUT2D eigenvalue weighted by Crippen LogP contribution is 2.43. The van der Waals surface area contributed by atoms with Crippen molar-refractivity contribution in [1.29, 1.82) is 0 Å². The number of benzene rings is 1. The van der Waals surface area contributed by atoms with Crippen molar-refractivity contribution in [3.8, 4) is 0 Å². The van der Waals surface area contributed by atoms with E-state index in [4.69, 9.17) is 4.74 Å². The topological polar surface area (TPSA) is 38.2 Å². The molecular weight excluding hydrogens is 358 g/mol. The molecule has 0 radical (unpaired) electrons. The third kappa shape index (κ3) is 3.10. The highest BCUT2D eigenvalue weighted by atomic mass is 16.5. The summed E-state index contributed by atoms with van der Waals surface area (Å²) in [6.45, 7) is 8.12. The summed E-state index contributed by atoms with van der Waals surface area (Å²) in [5.74, 6) is 1.32. The quantitative estimate of drug-likeness (QED) is 0.729. The van der Waals surface area contributed by atoms with Crippen LogP contribution < -0.4 is 10.6 Å². The highest BCUT2D eigenvalue weighted by Gasteiger charge is 2.28. The van der Waals surface area contributed by atoms with Gasteiger partial charge in [0.25, 0.3) is 0 Å². The third-order valence-corrected chi connectivity index (χ3v) is 6.81. The first-order valence-corrected chi connectivity index (χ1v) is 11.0. The maximum absolute atomic E-state index is 5.66. The lowest BCUT2D eigenvalue weighted by molar-refractivity contribution is 0.0706. The van der Waals surface area contributed by atoms with E-state index in [1.165, 1.54) is 58.3 Å². The van der Waals surface area contributed by atoms with Crippen LogP contribution >= 0.6 is 0 Å². The Labute approximate surface area is 173 Å². The van der Waals surface area contributed by atoms with Crippen LogP contribution in [0.2, 0.25) is 0 Å². The van der Waals surface area contributed by atoms with E-state index in [0.29, 0.717) is 12.0 Å². The molecule has 3 aliphatic rings. The zero-order chi connectivity index (χ0) is 20.0. The molecule has 2 heterocycles. The van der Waals surface area contributed by atoms with E-state index in [2.05, 4.69) is 59.1 Å². The van der Waals surface area contributed by atoms with E-state index in [-0.39, 0.29) is 0 Å². The number of nitrogens with one attached hydrogen (secondary N) is 2. The van der Waals surface area contributed by atoms with Crippen LogP contribution in [0.15, 0.2) is 42.2 Å². The molecule has 152 valence electrons. The molecule has 2 N–H and O–H groups in total. The molecule has 4 nitrogen and oxygen atoms in total. The fraction of sp³-hybridized carbons (Fsp3) is 0.440. The molecule has 1 unspecified atom stereocenters. The number of allylic oxidation sites excluding steroid dienone is 2. The van der Waals surface area contributed by atoms with Crippen molar-refractivity contribution in [1.82, 2.24) is 15.2 Å². The van der Waals surface area contributed by atoms with Gasteiger partial charge in [0.05, 0.1) is 5.82 Å². The molecule has 2 aliphatic carbocycles. The first-order chi connectivity index (χ1) is 14.2. The van der Waals surface area contributed by atoms with Gasteiger partial charge < -0.3 is 19.9 Å². The second-order valence-electron chi connectivity index (χ2n) is 8.58. The Bertz CT molecular complexity index is 1010. The minimum atomic E-state index is 0.478. The molecule has 29 heavy (non-hydrogen) atoms. The average Bonchev–Trinajstić information content (AvgIpc) is 3.23. The van der Waals surface area contributed by atoms with Crippen LogP contribution in [0.25, 0.3) is 22.7 Å². The molecule has 1 atom stereocenters. The summed E-state index contributed by atoms with van der Waals surface area (Å²) >= 11 is 0. The van der Waals surface area contributed by atoms with Crippen molar-refractivity contribution >= 4 is 22.7 Å². The van der Waals surface area contributed by atoms with Crippen LogP contribution in [-0.4, -0.2) is 24.8 Å². The number of hydrogen-bond acceptors (Lipinski definition) is 3. The summed E-state index contributed by atoms with van der Waals surface area (Å²) < 4.78 is 8.26. The van der Waals surface area contributed by atoms with E-state index in [1.807, 2.05) is 7.05 Å². The molecule has 4 heteroatoms. The normalized spacial score (nSPS) is 21.2. The summed E-state index contributed by atoms with van der Waals surface area (Å²) in [4.78, 5) is 0. The van der Waals surface area contributed by atoms with E-state index >= 15 is 0 Å². The number of nitrogens with zero attached hydrogens (tertiary/aromatic N) is 1. The number of aromatic nitrogens is 1. The molecule has 1 saturated carbocycles. The van der Waals surface area contributed by atoms with Crippen LogP contribution in [0.4, 0.5) is 0 Å². The van der Waals surface area contributed by atoms with Crippen molar-refractivity contribution in [2.75, 3.05) is 20.3 Å². The third-order valence-electron chi connectivity index (χ3n) is 6.81. The Morgan fingerprint density at radius 2 is 2.00 bits per heavy atom. The average molecular weight is 390 g/mol. The van der Waals surface area contributed by atoms with Gasteiger partial charge in [-0.2, -0.15) is 0 Å². The largest absolute Gasteiger partial charge is 0.381 e. The molecule has 2 fully saturated rings. The first kappa shape index (κ1) is 18.6. The first-order valence-electron chi connectivity index (χ1n) is 11.0. The zero-order valence-electron chi connectivity index (χ0n) is 17.6. The van der Waals surface area contributed by atoms with Crippen molar-refractivity contribution in [2.24, 2.45) is 0 Å². The van der Waals surface area contributed by atoms with Gasteiger partial charge in [0.15, 0.2) is 0 Å². The Kier molecular flexibility index (Phi) is 4.75. The van der Waals surface area contributed by atoms with Gasteiger partial charge in [0.1, 0.15) is 0 Å². The van der Waals surface area contributed by atoms with E-state index in [9.17, 15) is 0 Å². The smallest absolute Gasteiger partial charge is 0.0954 e. The Hall–Kier alpha value is -2.46. The monoisotopic (exact) mass is 389 g/mol. The second kappa shape index (κ2) is 7.42. The summed E-state index contributed by atoms with van der Waals surface area (Å²) in [5.41, 5.74) is 8.27.